The van der Waals surface area contributed by atoms with E-state index in [-0.39, 0.29) is 11.3 Å². The molecular weight excluding hydrogens is 380 g/mol. The quantitative estimate of drug-likeness (QED) is 0.608. The lowest BCUT2D eigenvalue weighted by Gasteiger charge is -2.19. The lowest BCUT2D eigenvalue weighted by molar-refractivity contribution is -0.118. The van der Waals surface area contributed by atoms with Gasteiger partial charge in [-0.2, -0.15) is 0 Å². The fourth-order valence-corrected chi connectivity index (χ4v) is 3.87. The number of para-hydroxylation sites is 1. The largest absolute Gasteiger partial charge is 0.353 e. The van der Waals surface area contributed by atoms with Crippen LogP contribution in [0.15, 0.2) is 59.8 Å². The summed E-state index contributed by atoms with van der Waals surface area (Å²) in [6, 6.07) is 18.9. The van der Waals surface area contributed by atoms with Gasteiger partial charge in [-0.1, -0.05) is 75.0 Å². The first-order valence-electron chi connectivity index (χ1n) is 9.96. The Kier molecular flexibility index (Phi) is 5.46. The maximum atomic E-state index is 12.1. The minimum Gasteiger partial charge on any atom is -0.353 e. The lowest BCUT2D eigenvalue weighted by atomic mass is 9.87. The van der Waals surface area contributed by atoms with Crippen molar-refractivity contribution in [3.8, 4) is 17.1 Å². The van der Waals surface area contributed by atoms with Crippen molar-refractivity contribution in [2.75, 3.05) is 5.75 Å². The first-order valence-corrected chi connectivity index (χ1v) is 10.9. The smallest absolute Gasteiger partial charge is 0.230 e. The van der Waals surface area contributed by atoms with Gasteiger partial charge in [0, 0.05) is 17.3 Å². The lowest BCUT2D eigenvalue weighted by Crippen LogP contribution is -2.27. The highest BCUT2D eigenvalue weighted by atomic mass is 32.2. The molecule has 29 heavy (non-hydrogen) atoms. The van der Waals surface area contributed by atoms with Gasteiger partial charge in [-0.25, -0.2) is 0 Å². The molecule has 0 bridgehead atoms. The molecule has 1 aromatic heterocycles. The van der Waals surface area contributed by atoms with Crippen LogP contribution in [0.5, 0.6) is 0 Å². The monoisotopic (exact) mass is 406 g/mol. The van der Waals surface area contributed by atoms with Crippen molar-refractivity contribution in [3.05, 3.63) is 60.2 Å². The van der Waals surface area contributed by atoms with Crippen LogP contribution in [0.2, 0.25) is 0 Å². The molecule has 0 unspecified atom stereocenters. The molecule has 0 atom stereocenters. The van der Waals surface area contributed by atoms with E-state index in [1.807, 2.05) is 34.9 Å². The highest BCUT2D eigenvalue weighted by Crippen LogP contribution is 2.30. The van der Waals surface area contributed by atoms with Gasteiger partial charge in [-0.05, 0) is 36.0 Å². The van der Waals surface area contributed by atoms with Crippen LogP contribution in [-0.2, 0) is 10.2 Å². The fraction of sp³-hybridized carbons (Fsp3) is 0.348. The van der Waals surface area contributed by atoms with Gasteiger partial charge < -0.3 is 5.32 Å². The topological polar surface area (TPSA) is 59.8 Å². The maximum Gasteiger partial charge on any atom is 0.230 e. The zero-order valence-electron chi connectivity index (χ0n) is 17.1. The molecule has 0 radical (unpaired) electrons. The first-order chi connectivity index (χ1) is 13.9. The number of nitrogens with zero attached hydrogens (tertiary/aromatic N) is 3. The summed E-state index contributed by atoms with van der Waals surface area (Å²) < 4.78 is 2.03. The van der Waals surface area contributed by atoms with Crippen LogP contribution >= 0.6 is 11.8 Å². The highest BCUT2D eigenvalue weighted by molar-refractivity contribution is 7.99. The predicted octanol–water partition coefficient (Wildman–Crippen LogP) is 4.60. The standard InChI is InChI=1S/C23H26N4OS/c1-23(2,3)17-11-9-16(10-12-17)21-25-26-22(27(21)19-7-5-4-6-8-19)29-15-20(28)24-18-13-14-18/h4-12,18H,13-15H2,1-3H3,(H,24,28). The first kappa shape index (κ1) is 19.7. The van der Waals surface area contributed by atoms with Gasteiger partial charge in [0.15, 0.2) is 11.0 Å². The number of thioether (sulfide) groups is 1. The Bertz CT molecular complexity index is 986. The van der Waals surface area contributed by atoms with Crippen LogP contribution in [0.3, 0.4) is 0 Å². The molecular formula is C23H26N4OS. The van der Waals surface area contributed by atoms with E-state index in [1.54, 1.807) is 0 Å². The number of carbonyl (C=O) groups is 1. The molecule has 0 saturated heterocycles. The fourth-order valence-electron chi connectivity index (χ4n) is 3.11. The van der Waals surface area contributed by atoms with E-state index < -0.39 is 0 Å². The highest BCUT2D eigenvalue weighted by Gasteiger charge is 2.24. The van der Waals surface area contributed by atoms with Crippen LogP contribution in [0.25, 0.3) is 17.1 Å². The molecule has 1 fully saturated rings. The Hall–Kier alpha value is -2.60. The molecule has 5 nitrogen and oxygen atoms in total. The average Bonchev–Trinajstić information content (AvgIpc) is 3.42. The Morgan fingerprint density at radius 2 is 1.76 bits per heavy atom. The minimum atomic E-state index is 0.0520. The summed E-state index contributed by atoms with van der Waals surface area (Å²) in [7, 11) is 0. The van der Waals surface area contributed by atoms with Gasteiger partial charge in [0.1, 0.15) is 0 Å². The van der Waals surface area contributed by atoms with E-state index in [0.29, 0.717) is 11.8 Å². The molecule has 3 aromatic rings. The van der Waals surface area contributed by atoms with Crippen LogP contribution < -0.4 is 5.32 Å². The van der Waals surface area contributed by atoms with Crippen molar-refractivity contribution in [2.24, 2.45) is 0 Å². The Labute approximate surface area is 175 Å². The van der Waals surface area contributed by atoms with Crippen LogP contribution in [0, 0.1) is 0 Å². The third kappa shape index (κ3) is 4.70. The van der Waals surface area contributed by atoms with Gasteiger partial charge in [0.2, 0.25) is 5.91 Å². The van der Waals surface area contributed by atoms with Crippen molar-refractivity contribution in [2.45, 2.75) is 50.2 Å². The number of benzene rings is 2. The summed E-state index contributed by atoms with van der Waals surface area (Å²) in [5.74, 6) is 1.17. The van der Waals surface area contributed by atoms with Crippen LogP contribution in [-0.4, -0.2) is 32.5 Å². The molecule has 1 N–H and O–H groups in total. The number of amides is 1. The zero-order valence-corrected chi connectivity index (χ0v) is 17.9. The Morgan fingerprint density at radius 1 is 1.07 bits per heavy atom. The summed E-state index contributed by atoms with van der Waals surface area (Å²) in [4.78, 5) is 12.1. The zero-order chi connectivity index (χ0) is 20.4. The van der Waals surface area contributed by atoms with E-state index in [9.17, 15) is 4.79 Å². The van der Waals surface area contributed by atoms with Gasteiger partial charge in [0.05, 0.1) is 5.75 Å². The number of aromatic nitrogens is 3. The molecule has 6 heteroatoms. The molecule has 0 aliphatic heterocycles. The predicted molar refractivity (Wildman–Crippen MR) is 117 cm³/mol. The SMILES string of the molecule is CC(C)(C)c1ccc(-c2nnc(SCC(=O)NC3CC3)n2-c2ccccc2)cc1. The molecule has 1 aliphatic rings. The normalized spacial score (nSPS) is 14.0. The van der Waals surface area contributed by atoms with Crippen molar-refractivity contribution in [1.82, 2.24) is 20.1 Å². The Morgan fingerprint density at radius 3 is 2.38 bits per heavy atom. The number of hydrogen-bond acceptors (Lipinski definition) is 4. The molecule has 1 heterocycles. The number of rotatable bonds is 6. The average molecular weight is 407 g/mol. The molecule has 1 amide bonds. The van der Waals surface area contributed by atoms with Gasteiger partial charge in [-0.3, -0.25) is 9.36 Å². The molecule has 4 rings (SSSR count). The van der Waals surface area contributed by atoms with E-state index in [1.165, 1.54) is 17.3 Å². The van der Waals surface area contributed by atoms with Gasteiger partial charge in [-0.15, -0.1) is 10.2 Å². The van der Waals surface area contributed by atoms with E-state index >= 15 is 0 Å². The van der Waals surface area contributed by atoms with Crippen LogP contribution in [0.4, 0.5) is 0 Å². The summed E-state index contributed by atoms with van der Waals surface area (Å²) >= 11 is 1.42. The second kappa shape index (κ2) is 8.03. The van der Waals surface area contributed by atoms with Crippen LogP contribution in [0.1, 0.15) is 39.2 Å². The van der Waals surface area contributed by atoms with Gasteiger partial charge in [0.25, 0.3) is 0 Å². The minimum absolute atomic E-state index is 0.0520. The number of nitrogens with one attached hydrogen (secondary N) is 1. The third-order valence-electron chi connectivity index (χ3n) is 4.93. The maximum absolute atomic E-state index is 12.1. The third-order valence-corrected chi connectivity index (χ3v) is 5.86. The summed E-state index contributed by atoms with van der Waals surface area (Å²) in [5.41, 5.74) is 3.36. The van der Waals surface area contributed by atoms with Crippen molar-refractivity contribution in [3.63, 3.8) is 0 Å². The second-order valence-corrected chi connectivity index (χ2v) is 9.38. The van der Waals surface area contributed by atoms with E-state index in [2.05, 4.69) is 60.6 Å². The van der Waals surface area contributed by atoms with Crippen molar-refractivity contribution >= 4 is 17.7 Å². The summed E-state index contributed by atoms with van der Waals surface area (Å²) in [6.07, 6.45) is 2.18. The van der Waals surface area contributed by atoms with Crippen molar-refractivity contribution in [1.29, 1.82) is 0 Å². The summed E-state index contributed by atoms with van der Waals surface area (Å²) in [5, 5.41) is 12.6. The van der Waals surface area contributed by atoms with E-state index in [0.717, 1.165) is 35.1 Å². The van der Waals surface area contributed by atoms with Crippen molar-refractivity contribution < 1.29 is 4.79 Å². The molecule has 1 aliphatic carbocycles. The molecule has 2 aromatic carbocycles. The number of hydrogen-bond donors (Lipinski definition) is 1. The molecule has 0 spiro atoms. The summed E-state index contributed by atoms with van der Waals surface area (Å²) in [6.45, 7) is 6.61. The Balaban J connectivity index is 1.64. The molecule has 150 valence electrons. The molecule has 1 saturated carbocycles. The van der Waals surface area contributed by atoms with E-state index in [4.69, 9.17) is 0 Å². The number of carbonyl (C=O) groups excluding carboxylic acids is 1. The second-order valence-electron chi connectivity index (χ2n) is 8.43. The van der Waals surface area contributed by atoms with Gasteiger partial charge >= 0.3 is 0 Å².